The summed E-state index contributed by atoms with van der Waals surface area (Å²) in [7, 11) is 0. The number of likely N-dealkylation sites (N-methyl/N-ethyl adjacent to an activating group) is 1. The molecule has 1 rings (SSSR count). The van der Waals surface area contributed by atoms with Crippen LogP contribution in [-0.4, -0.2) is 41.7 Å². The van der Waals surface area contributed by atoms with Crippen molar-refractivity contribution in [2.75, 3.05) is 19.6 Å². The van der Waals surface area contributed by atoms with Crippen LogP contribution in [-0.2, 0) is 6.54 Å². The van der Waals surface area contributed by atoms with Crippen molar-refractivity contribution in [3.05, 3.63) is 23.2 Å². The zero-order valence-corrected chi connectivity index (χ0v) is 12.2. The predicted molar refractivity (Wildman–Crippen MR) is 74.5 cm³/mol. The van der Waals surface area contributed by atoms with Crippen molar-refractivity contribution in [1.29, 1.82) is 0 Å². The van der Waals surface area contributed by atoms with E-state index in [0.717, 1.165) is 19.6 Å². The van der Waals surface area contributed by atoms with Gasteiger partial charge >= 0.3 is 5.97 Å². The Morgan fingerprint density at radius 1 is 1.47 bits per heavy atom. The van der Waals surface area contributed by atoms with Gasteiger partial charge < -0.3 is 19.7 Å². The number of carbonyl (C=O) groups is 1. The van der Waals surface area contributed by atoms with Gasteiger partial charge in [0.2, 0.25) is 0 Å². The minimum Gasteiger partial charge on any atom is -0.478 e. The molecule has 0 aliphatic carbocycles. The van der Waals surface area contributed by atoms with E-state index in [1.54, 1.807) is 13.0 Å². The van der Waals surface area contributed by atoms with Crippen LogP contribution in [0.5, 0.6) is 0 Å². The first-order valence-corrected chi connectivity index (χ1v) is 6.76. The normalized spacial score (nSPS) is 12.9. The summed E-state index contributed by atoms with van der Waals surface area (Å²) in [4.78, 5) is 13.3. The molecule has 0 fully saturated rings. The second-order valence-electron chi connectivity index (χ2n) is 4.76. The summed E-state index contributed by atoms with van der Waals surface area (Å²) in [5.41, 5.74) is 0.244. The van der Waals surface area contributed by atoms with Crippen LogP contribution in [0, 0.1) is 6.92 Å². The molecule has 0 radical (unpaired) electrons. The smallest absolute Gasteiger partial charge is 0.339 e. The lowest BCUT2D eigenvalue weighted by Crippen LogP contribution is -2.38. The van der Waals surface area contributed by atoms with Gasteiger partial charge in [-0.15, -0.1) is 0 Å². The number of hydrogen-bond donors (Lipinski definition) is 2. The maximum atomic E-state index is 10.9. The number of furan rings is 1. The first-order chi connectivity index (χ1) is 8.97. The third kappa shape index (κ3) is 4.69. The second kappa shape index (κ2) is 7.31. The lowest BCUT2D eigenvalue weighted by Gasteiger charge is -2.23. The molecule has 0 saturated heterocycles. The number of carboxylic acids is 1. The van der Waals surface area contributed by atoms with E-state index in [2.05, 4.69) is 31.0 Å². The number of nitrogens with zero attached hydrogens (tertiary/aromatic N) is 1. The minimum absolute atomic E-state index is 0.244. The highest BCUT2D eigenvalue weighted by atomic mass is 16.4. The Bertz CT molecular complexity index is 411. The molecule has 0 bridgehead atoms. The Morgan fingerprint density at radius 2 is 2.11 bits per heavy atom. The number of hydrogen-bond acceptors (Lipinski definition) is 4. The molecule has 0 spiro atoms. The van der Waals surface area contributed by atoms with E-state index < -0.39 is 5.97 Å². The van der Waals surface area contributed by atoms with Gasteiger partial charge in [-0.25, -0.2) is 4.79 Å². The maximum absolute atomic E-state index is 10.9. The number of rotatable bonds is 8. The van der Waals surface area contributed by atoms with Crippen molar-refractivity contribution in [2.24, 2.45) is 0 Å². The van der Waals surface area contributed by atoms with E-state index in [1.807, 2.05) is 0 Å². The van der Waals surface area contributed by atoms with Crippen LogP contribution >= 0.6 is 0 Å². The van der Waals surface area contributed by atoms with Gasteiger partial charge in [0.25, 0.3) is 0 Å². The SMILES string of the molecule is CCN(CC)CC(C)NCc1cc(C(=O)O)c(C)o1. The quantitative estimate of drug-likeness (QED) is 0.756. The molecule has 0 aliphatic rings. The summed E-state index contributed by atoms with van der Waals surface area (Å²) >= 11 is 0. The first-order valence-electron chi connectivity index (χ1n) is 6.76. The molecule has 2 N–H and O–H groups in total. The molecule has 1 aromatic rings. The van der Waals surface area contributed by atoms with Gasteiger partial charge in [-0.2, -0.15) is 0 Å². The maximum Gasteiger partial charge on any atom is 0.339 e. The summed E-state index contributed by atoms with van der Waals surface area (Å²) in [5, 5.41) is 12.3. The van der Waals surface area contributed by atoms with Gasteiger partial charge in [0.05, 0.1) is 6.54 Å². The second-order valence-corrected chi connectivity index (χ2v) is 4.76. The van der Waals surface area contributed by atoms with E-state index in [4.69, 9.17) is 9.52 Å². The van der Waals surface area contributed by atoms with Gasteiger partial charge in [-0.05, 0) is 33.0 Å². The molecule has 108 valence electrons. The molecule has 5 nitrogen and oxygen atoms in total. The van der Waals surface area contributed by atoms with Crippen LogP contribution in [0.4, 0.5) is 0 Å². The Kier molecular flexibility index (Phi) is 6.05. The summed E-state index contributed by atoms with van der Waals surface area (Å²) < 4.78 is 5.43. The zero-order chi connectivity index (χ0) is 14.4. The summed E-state index contributed by atoms with van der Waals surface area (Å²) in [6.45, 7) is 11.7. The summed E-state index contributed by atoms with van der Waals surface area (Å²) in [6, 6.07) is 1.92. The molecule has 0 amide bonds. The summed E-state index contributed by atoms with van der Waals surface area (Å²) in [6.07, 6.45) is 0. The average molecular weight is 268 g/mol. The van der Waals surface area contributed by atoms with E-state index in [9.17, 15) is 4.79 Å². The lowest BCUT2D eigenvalue weighted by molar-refractivity contribution is 0.0695. The van der Waals surface area contributed by atoms with Crippen molar-refractivity contribution >= 4 is 5.97 Å². The van der Waals surface area contributed by atoms with Crippen molar-refractivity contribution in [3.8, 4) is 0 Å². The van der Waals surface area contributed by atoms with Gasteiger partial charge in [0, 0.05) is 12.6 Å². The molecular formula is C14H24N2O3. The third-order valence-corrected chi connectivity index (χ3v) is 3.25. The molecular weight excluding hydrogens is 244 g/mol. The number of carboxylic acid groups (broad SMARTS) is 1. The van der Waals surface area contributed by atoms with E-state index >= 15 is 0 Å². The van der Waals surface area contributed by atoms with Gasteiger partial charge in [-0.1, -0.05) is 13.8 Å². The Labute approximate surface area is 114 Å². The molecule has 1 aromatic heterocycles. The van der Waals surface area contributed by atoms with Gasteiger partial charge in [-0.3, -0.25) is 0 Å². The molecule has 1 atom stereocenters. The Morgan fingerprint density at radius 3 is 2.58 bits per heavy atom. The third-order valence-electron chi connectivity index (χ3n) is 3.25. The van der Waals surface area contributed by atoms with Crippen LogP contribution in [0.25, 0.3) is 0 Å². The predicted octanol–water partition coefficient (Wildman–Crippen LogP) is 2.11. The Balaban J connectivity index is 2.48. The first kappa shape index (κ1) is 15.7. The average Bonchev–Trinajstić information content (AvgIpc) is 2.75. The van der Waals surface area contributed by atoms with E-state index in [-0.39, 0.29) is 5.56 Å². The van der Waals surface area contributed by atoms with Crippen LogP contribution in [0.3, 0.4) is 0 Å². The fourth-order valence-electron chi connectivity index (χ4n) is 2.05. The molecule has 0 saturated carbocycles. The molecule has 1 unspecified atom stereocenters. The molecule has 0 aliphatic heterocycles. The fourth-order valence-corrected chi connectivity index (χ4v) is 2.05. The standard InChI is InChI=1S/C14H24N2O3/c1-5-16(6-2)9-10(3)15-8-12-7-13(14(17)18)11(4)19-12/h7,10,15H,5-6,8-9H2,1-4H3,(H,17,18). The summed E-state index contributed by atoms with van der Waals surface area (Å²) in [5.74, 6) is 0.186. The van der Waals surface area contributed by atoms with Crippen LogP contribution in [0.15, 0.2) is 10.5 Å². The number of aryl methyl sites for hydroxylation is 1. The van der Waals surface area contributed by atoms with Crippen molar-refractivity contribution < 1.29 is 14.3 Å². The Hall–Kier alpha value is -1.33. The van der Waals surface area contributed by atoms with Crippen LogP contribution in [0.2, 0.25) is 0 Å². The van der Waals surface area contributed by atoms with Gasteiger partial charge in [0.15, 0.2) is 0 Å². The topological polar surface area (TPSA) is 65.7 Å². The van der Waals surface area contributed by atoms with E-state index in [1.165, 1.54) is 0 Å². The van der Waals surface area contributed by atoms with E-state index in [0.29, 0.717) is 24.1 Å². The van der Waals surface area contributed by atoms with Crippen molar-refractivity contribution in [1.82, 2.24) is 10.2 Å². The monoisotopic (exact) mass is 268 g/mol. The highest BCUT2D eigenvalue weighted by Crippen LogP contribution is 2.14. The fraction of sp³-hybridized carbons (Fsp3) is 0.643. The molecule has 1 heterocycles. The molecule has 0 aromatic carbocycles. The molecule has 19 heavy (non-hydrogen) atoms. The highest BCUT2D eigenvalue weighted by molar-refractivity contribution is 5.88. The zero-order valence-electron chi connectivity index (χ0n) is 12.2. The number of nitrogens with one attached hydrogen (secondary N) is 1. The van der Waals surface area contributed by atoms with Crippen molar-refractivity contribution in [2.45, 2.75) is 40.3 Å². The minimum atomic E-state index is -0.941. The largest absolute Gasteiger partial charge is 0.478 e. The molecule has 5 heteroatoms. The van der Waals surface area contributed by atoms with Crippen LogP contribution in [0.1, 0.15) is 42.6 Å². The number of aromatic carboxylic acids is 1. The van der Waals surface area contributed by atoms with Crippen LogP contribution < -0.4 is 5.32 Å². The van der Waals surface area contributed by atoms with Crippen molar-refractivity contribution in [3.63, 3.8) is 0 Å². The lowest BCUT2D eigenvalue weighted by atomic mass is 10.2. The van der Waals surface area contributed by atoms with Gasteiger partial charge in [0.1, 0.15) is 17.1 Å². The highest BCUT2D eigenvalue weighted by Gasteiger charge is 2.14.